The molecule has 0 fully saturated rings. The Balaban J connectivity index is 1.74. The summed E-state index contributed by atoms with van der Waals surface area (Å²) in [5, 5.41) is 11.1. The standard InChI is InChI=1S/C17H19NO3S/c1-20-15-6-10-3-4-18-9-16-11(7-17(21-2)22-16)5-13(18)12(10)8-14(15)19/h6-8,13,19H,3-5,9H2,1-2H3/t13-/m0/s1. The van der Waals surface area contributed by atoms with Crippen LogP contribution in [-0.4, -0.2) is 30.8 Å². The third-order valence-electron chi connectivity index (χ3n) is 4.74. The minimum absolute atomic E-state index is 0.233. The number of fused-ring (bicyclic) bond motifs is 4. The summed E-state index contributed by atoms with van der Waals surface area (Å²) in [5.74, 6) is 0.803. The van der Waals surface area contributed by atoms with E-state index in [1.807, 2.05) is 12.1 Å². The molecule has 0 saturated heterocycles. The van der Waals surface area contributed by atoms with E-state index in [1.165, 1.54) is 21.6 Å². The molecule has 0 saturated carbocycles. The van der Waals surface area contributed by atoms with E-state index in [0.717, 1.165) is 31.0 Å². The Kier molecular flexibility index (Phi) is 3.27. The molecule has 3 heterocycles. The molecule has 22 heavy (non-hydrogen) atoms. The van der Waals surface area contributed by atoms with Gasteiger partial charge in [-0.1, -0.05) is 0 Å². The van der Waals surface area contributed by atoms with Gasteiger partial charge in [0.2, 0.25) is 0 Å². The van der Waals surface area contributed by atoms with Gasteiger partial charge in [0.05, 0.1) is 14.2 Å². The Morgan fingerprint density at radius 3 is 2.82 bits per heavy atom. The monoisotopic (exact) mass is 317 g/mol. The van der Waals surface area contributed by atoms with Crippen molar-refractivity contribution in [2.45, 2.75) is 25.4 Å². The molecule has 4 rings (SSSR count). The Labute approximate surface area is 133 Å². The largest absolute Gasteiger partial charge is 0.504 e. The number of phenols is 1. The smallest absolute Gasteiger partial charge is 0.173 e. The van der Waals surface area contributed by atoms with Crippen LogP contribution < -0.4 is 9.47 Å². The first-order valence-electron chi connectivity index (χ1n) is 7.49. The van der Waals surface area contributed by atoms with Crippen LogP contribution in [0.25, 0.3) is 0 Å². The first kappa shape index (κ1) is 13.9. The third kappa shape index (κ3) is 2.08. The lowest BCUT2D eigenvalue weighted by Gasteiger charge is -2.40. The normalized spacial score (nSPS) is 20.0. The predicted molar refractivity (Wildman–Crippen MR) is 86.1 cm³/mol. The zero-order valence-electron chi connectivity index (χ0n) is 12.8. The number of ether oxygens (including phenoxy) is 2. The summed E-state index contributed by atoms with van der Waals surface area (Å²) in [6.07, 6.45) is 1.98. The van der Waals surface area contributed by atoms with Crippen LogP contribution in [0.15, 0.2) is 18.2 Å². The number of aromatic hydroxyl groups is 1. The summed E-state index contributed by atoms with van der Waals surface area (Å²) in [5.41, 5.74) is 3.91. The molecular formula is C17H19NO3S. The lowest BCUT2D eigenvalue weighted by Crippen LogP contribution is -2.38. The Morgan fingerprint density at radius 2 is 2.05 bits per heavy atom. The van der Waals surface area contributed by atoms with E-state index in [2.05, 4.69) is 11.0 Å². The van der Waals surface area contributed by atoms with E-state index in [-0.39, 0.29) is 5.75 Å². The number of rotatable bonds is 2. The van der Waals surface area contributed by atoms with Gasteiger partial charge in [0, 0.05) is 24.0 Å². The average molecular weight is 317 g/mol. The van der Waals surface area contributed by atoms with Crippen molar-refractivity contribution < 1.29 is 14.6 Å². The molecule has 0 bridgehead atoms. The first-order valence-corrected chi connectivity index (χ1v) is 8.30. The van der Waals surface area contributed by atoms with Crippen molar-refractivity contribution in [2.75, 3.05) is 20.8 Å². The van der Waals surface area contributed by atoms with Gasteiger partial charge in [0.1, 0.15) is 0 Å². The van der Waals surface area contributed by atoms with Crippen LogP contribution in [-0.2, 0) is 19.4 Å². The van der Waals surface area contributed by atoms with Gasteiger partial charge in [-0.3, -0.25) is 4.90 Å². The van der Waals surface area contributed by atoms with Gasteiger partial charge in [0.25, 0.3) is 0 Å². The van der Waals surface area contributed by atoms with Gasteiger partial charge < -0.3 is 14.6 Å². The van der Waals surface area contributed by atoms with Gasteiger partial charge in [-0.05, 0) is 47.7 Å². The van der Waals surface area contributed by atoms with Gasteiger partial charge in [0.15, 0.2) is 16.6 Å². The summed E-state index contributed by atoms with van der Waals surface area (Å²) < 4.78 is 10.6. The topological polar surface area (TPSA) is 41.9 Å². The molecule has 4 nitrogen and oxygen atoms in total. The second kappa shape index (κ2) is 5.18. The van der Waals surface area contributed by atoms with Crippen LogP contribution in [0.5, 0.6) is 16.6 Å². The van der Waals surface area contributed by atoms with Gasteiger partial charge in [-0.15, -0.1) is 11.3 Å². The zero-order chi connectivity index (χ0) is 15.3. The molecule has 2 aliphatic heterocycles. The van der Waals surface area contributed by atoms with Crippen molar-refractivity contribution in [3.63, 3.8) is 0 Å². The minimum Gasteiger partial charge on any atom is -0.504 e. The molecule has 1 aromatic heterocycles. The van der Waals surface area contributed by atoms with E-state index in [4.69, 9.17) is 9.47 Å². The lowest BCUT2D eigenvalue weighted by molar-refractivity contribution is 0.163. The van der Waals surface area contributed by atoms with Crippen molar-refractivity contribution in [3.05, 3.63) is 39.8 Å². The molecule has 1 N–H and O–H groups in total. The number of nitrogens with zero attached hydrogens (tertiary/aromatic N) is 1. The number of hydrogen-bond donors (Lipinski definition) is 1. The van der Waals surface area contributed by atoms with Gasteiger partial charge in [-0.2, -0.15) is 0 Å². The molecule has 2 aliphatic rings. The fraction of sp³-hybridized carbons (Fsp3) is 0.412. The first-order chi connectivity index (χ1) is 10.7. The average Bonchev–Trinajstić information content (AvgIpc) is 2.94. The lowest BCUT2D eigenvalue weighted by atomic mass is 9.86. The van der Waals surface area contributed by atoms with Crippen molar-refractivity contribution in [1.29, 1.82) is 0 Å². The summed E-state index contributed by atoms with van der Waals surface area (Å²) in [6.45, 7) is 2.02. The minimum atomic E-state index is 0.233. The highest BCUT2D eigenvalue weighted by atomic mass is 32.1. The van der Waals surface area contributed by atoms with E-state index in [9.17, 15) is 5.11 Å². The molecule has 1 atom stereocenters. The molecule has 116 valence electrons. The SMILES string of the molecule is COc1cc2c(s1)CN1CCc3cc(OC)c(O)cc3[C@@H]1C2. The number of hydrogen-bond acceptors (Lipinski definition) is 5. The van der Waals surface area contributed by atoms with E-state index in [1.54, 1.807) is 25.6 Å². The number of benzene rings is 1. The highest BCUT2D eigenvalue weighted by molar-refractivity contribution is 7.14. The highest BCUT2D eigenvalue weighted by Gasteiger charge is 2.34. The molecule has 0 unspecified atom stereocenters. The maximum absolute atomic E-state index is 10.1. The van der Waals surface area contributed by atoms with Gasteiger partial charge >= 0.3 is 0 Å². The number of methoxy groups -OCH3 is 2. The highest BCUT2D eigenvalue weighted by Crippen LogP contribution is 2.44. The molecule has 0 aliphatic carbocycles. The van der Waals surface area contributed by atoms with E-state index >= 15 is 0 Å². The second-order valence-corrected chi connectivity index (χ2v) is 6.98. The maximum atomic E-state index is 10.1. The number of thiophene rings is 1. The van der Waals surface area contributed by atoms with Crippen molar-refractivity contribution >= 4 is 11.3 Å². The van der Waals surface area contributed by atoms with E-state index in [0.29, 0.717) is 11.8 Å². The molecule has 0 amide bonds. The van der Waals surface area contributed by atoms with Crippen molar-refractivity contribution in [2.24, 2.45) is 0 Å². The number of phenolic OH excluding ortho intramolecular Hbond substituents is 1. The quantitative estimate of drug-likeness (QED) is 0.924. The Bertz CT molecular complexity index is 725. The van der Waals surface area contributed by atoms with Crippen molar-refractivity contribution in [1.82, 2.24) is 4.90 Å². The fourth-order valence-corrected chi connectivity index (χ4v) is 4.63. The van der Waals surface area contributed by atoms with Crippen LogP contribution in [0.3, 0.4) is 0 Å². The van der Waals surface area contributed by atoms with Crippen molar-refractivity contribution in [3.8, 4) is 16.6 Å². The summed E-state index contributed by atoms with van der Waals surface area (Å²) in [7, 11) is 3.32. The second-order valence-electron chi connectivity index (χ2n) is 5.88. The summed E-state index contributed by atoms with van der Waals surface area (Å²) in [6, 6.07) is 6.38. The summed E-state index contributed by atoms with van der Waals surface area (Å²) >= 11 is 1.75. The van der Waals surface area contributed by atoms with Crippen LogP contribution in [0.2, 0.25) is 0 Å². The fourth-order valence-electron chi connectivity index (χ4n) is 3.60. The Morgan fingerprint density at radius 1 is 1.18 bits per heavy atom. The third-order valence-corrected chi connectivity index (χ3v) is 5.87. The molecule has 0 radical (unpaired) electrons. The molecule has 5 heteroatoms. The molecular weight excluding hydrogens is 298 g/mol. The van der Waals surface area contributed by atoms with Crippen LogP contribution in [0.1, 0.15) is 27.6 Å². The Hall–Kier alpha value is -1.72. The molecule has 0 spiro atoms. The van der Waals surface area contributed by atoms with E-state index < -0.39 is 0 Å². The zero-order valence-corrected chi connectivity index (χ0v) is 13.6. The molecule has 2 aromatic rings. The predicted octanol–water partition coefficient (Wildman–Crippen LogP) is 3.13. The van der Waals surface area contributed by atoms with Crippen LogP contribution >= 0.6 is 11.3 Å². The van der Waals surface area contributed by atoms with Gasteiger partial charge in [-0.25, -0.2) is 0 Å². The summed E-state index contributed by atoms with van der Waals surface area (Å²) in [4.78, 5) is 3.92. The molecule has 1 aromatic carbocycles. The maximum Gasteiger partial charge on any atom is 0.173 e. The van der Waals surface area contributed by atoms with Crippen LogP contribution in [0.4, 0.5) is 0 Å². The van der Waals surface area contributed by atoms with Crippen LogP contribution in [0, 0.1) is 0 Å².